The number of benzene rings is 3. The van der Waals surface area contributed by atoms with Crippen LogP contribution in [0.4, 0.5) is 11.4 Å². The molecule has 2 aromatic heterocycles. The molecule has 6 rings (SSSR count). The maximum absolute atomic E-state index is 13.7. The van der Waals surface area contributed by atoms with Gasteiger partial charge in [0, 0.05) is 22.3 Å². The minimum Gasteiger partial charge on any atom is -0.481 e. The standard InChI is InChI=1S/C29H25Cl2N7O4/c1-40-29-23-9-8-22(14-20(23)11-12-32-29)33-28(39)26(13-19-5-3-2-4-6-19)38-18-41-37(17-42-38)25-15-21(30)7-10-24(25)36-16-27(31)34-35-36/h2-12,14-16,26H,13,17-18H2,1H3,(H,33,39). The summed E-state index contributed by atoms with van der Waals surface area (Å²) >= 11 is 12.3. The Morgan fingerprint density at radius 1 is 1.02 bits per heavy atom. The van der Waals surface area contributed by atoms with E-state index in [4.69, 9.17) is 37.6 Å². The molecule has 214 valence electrons. The van der Waals surface area contributed by atoms with Gasteiger partial charge in [-0.1, -0.05) is 58.7 Å². The molecule has 3 heterocycles. The van der Waals surface area contributed by atoms with Crippen LogP contribution >= 0.6 is 23.2 Å². The molecular weight excluding hydrogens is 581 g/mol. The van der Waals surface area contributed by atoms with Gasteiger partial charge in [-0.15, -0.1) is 10.2 Å². The van der Waals surface area contributed by atoms with Gasteiger partial charge in [0.05, 0.1) is 24.7 Å². The van der Waals surface area contributed by atoms with Crippen molar-refractivity contribution in [1.82, 2.24) is 25.0 Å². The number of pyridine rings is 1. The van der Waals surface area contributed by atoms with E-state index in [1.54, 1.807) is 37.7 Å². The molecule has 13 heteroatoms. The third-order valence-corrected chi connectivity index (χ3v) is 7.12. The summed E-state index contributed by atoms with van der Waals surface area (Å²) in [7, 11) is 1.57. The molecule has 5 aromatic rings. The molecule has 42 heavy (non-hydrogen) atoms. The van der Waals surface area contributed by atoms with E-state index in [1.165, 1.54) is 14.8 Å². The Morgan fingerprint density at radius 2 is 1.88 bits per heavy atom. The van der Waals surface area contributed by atoms with Crippen molar-refractivity contribution in [1.29, 1.82) is 0 Å². The summed E-state index contributed by atoms with van der Waals surface area (Å²) in [5.41, 5.74) is 2.83. The summed E-state index contributed by atoms with van der Waals surface area (Å²) < 4.78 is 6.87. The second-order valence-electron chi connectivity index (χ2n) is 9.38. The van der Waals surface area contributed by atoms with Gasteiger partial charge in [-0.05, 0) is 59.8 Å². The summed E-state index contributed by atoms with van der Waals surface area (Å²) in [5, 5.41) is 16.5. The minimum absolute atomic E-state index is 0.0168. The summed E-state index contributed by atoms with van der Waals surface area (Å²) in [6.45, 7) is -0.0489. The lowest BCUT2D eigenvalue weighted by atomic mass is 10.0. The smallest absolute Gasteiger partial charge is 0.244 e. The third kappa shape index (κ3) is 6.01. The van der Waals surface area contributed by atoms with Gasteiger partial charge in [0.25, 0.3) is 0 Å². The van der Waals surface area contributed by atoms with E-state index >= 15 is 0 Å². The van der Waals surface area contributed by atoms with E-state index in [0.717, 1.165) is 16.3 Å². The van der Waals surface area contributed by atoms with Gasteiger partial charge in [-0.2, -0.15) is 0 Å². The summed E-state index contributed by atoms with van der Waals surface area (Å²) in [5.74, 6) is 0.266. The highest BCUT2D eigenvalue weighted by molar-refractivity contribution is 6.31. The Balaban J connectivity index is 1.22. The number of methoxy groups -OCH3 is 1. The number of ether oxygens (including phenoxy) is 1. The Labute approximate surface area is 251 Å². The molecule has 1 N–H and O–H groups in total. The second kappa shape index (κ2) is 12.3. The van der Waals surface area contributed by atoms with Crippen LogP contribution in [0.15, 0.2) is 85.2 Å². The van der Waals surface area contributed by atoms with Gasteiger partial charge in [-0.3, -0.25) is 14.5 Å². The van der Waals surface area contributed by atoms with Crippen molar-refractivity contribution in [3.8, 4) is 11.6 Å². The van der Waals surface area contributed by atoms with Crippen LogP contribution in [-0.4, -0.2) is 57.6 Å². The van der Waals surface area contributed by atoms with Crippen LogP contribution in [0, 0.1) is 0 Å². The molecule has 1 atom stereocenters. The molecule has 11 nitrogen and oxygen atoms in total. The number of amides is 1. The monoisotopic (exact) mass is 605 g/mol. The zero-order chi connectivity index (χ0) is 29.1. The lowest BCUT2D eigenvalue weighted by Crippen LogP contribution is -2.52. The predicted octanol–water partition coefficient (Wildman–Crippen LogP) is 5.28. The fourth-order valence-corrected chi connectivity index (χ4v) is 4.97. The summed E-state index contributed by atoms with van der Waals surface area (Å²) in [6, 6.07) is 21.7. The lowest BCUT2D eigenvalue weighted by molar-refractivity contribution is -0.279. The highest BCUT2D eigenvalue weighted by Crippen LogP contribution is 2.31. The number of anilines is 2. The number of rotatable bonds is 8. The molecule has 1 aliphatic rings. The molecule has 0 saturated carbocycles. The fraction of sp³-hybridized carbons (Fsp3) is 0.172. The molecule has 0 bridgehead atoms. The zero-order valence-corrected chi connectivity index (χ0v) is 23.9. The number of hydrogen-bond acceptors (Lipinski definition) is 9. The van der Waals surface area contributed by atoms with E-state index in [1.807, 2.05) is 54.6 Å². The molecular formula is C29H25Cl2N7O4. The zero-order valence-electron chi connectivity index (χ0n) is 22.4. The number of carbonyl (C=O) groups is 1. The first kappa shape index (κ1) is 27.9. The first-order valence-corrected chi connectivity index (χ1v) is 13.7. The van der Waals surface area contributed by atoms with Gasteiger partial charge in [-0.25, -0.2) is 14.7 Å². The first-order valence-electron chi connectivity index (χ1n) is 12.9. The Bertz CT molecular complexity index is 1710. The van der Waals surface area contributed by atoms with Crippen molar-refractivity contribution in [3.63, 3.8) is 0 Å². The molecule has 3 aromatic carbocycles. The van der Waals surface area contributed by atoms with Crippen molar-refractivity contribution >= 4 is 51.3 Å². The maximum atomic E-state index is 13.7. The van der Waals surface area contributed by atoms with Crippen LogP contribution in [0.5, 0.6) is 5.88 Å². The average molecular weight is 606 g/mol. The van der Waals surface area contributed by atoms with Gasteiger partial charge in [0.2, 0.25) is 11.8 Å². The van der Waals surface area contributed by atoms with E-state index < -0.39 is 6.04 Å². The van der Waals surface area contributed by atoms with Crippen molar-refractivity contribution < 1.29 is 19.2 Å². The lowest BCUT2D eigenvalue weighted by Gasteiger charge is -2.38. The molecule has 1 amide bonds. The second-order valence-corrected chi connectivity index (χ2v) is 10.2. The van der Waals surface area contributed by atoms with Crippen molar-refractivity contribution in [2.24, 2.45) is 0 Å². The summed E-state index contributed by atoms with van der Waals surface area (Å²) in [4.78, 5) is 30.2. The van der Waals surface area contributed by atoms with Crippen molar-refractivity contribution in [2.45, 2.75) is 12.5 Å². The maximum Gasteiger partial charge on any atom is 0.244 e. The van der Waals surface area contributed by atoms with E-state index in [2.05, 4.69) is 20.6 Å². The van der Waals surface area contributed by atoms with E-state index in [9.17, 15) is 4.79 Å². The number of carbonyl (C=O) groups excluding carboxylic acids is 1. The summed E-state index contributed by atoms with van der Waals surface area (Å²) in [6.07, 6.45) is 3.63. The molecule has 1 aliphatic heterocycles. The van der Waals surface area contributed by atoms with Crippen LogP contribution < -0.4 is 15.1 Å². The normalized spacial score (nSPS) is 14.6. The number of hydrogen-bond donors (Lipinski definition) is 1. The number of halogens is 2. The number of fused-ring (bicyclic) bond motifs is 1. The Kier molecular flexibility index (Phi) is 8.17. The molecule has 0 aliphatic carbocycles. The highest BCUT2D eigenvalue weighted by Gasteiger charge is 2.32. The largest absolute Gasteiger partial charge is 0.481 e. The van der Waals surface area contributed by atoms with Gasteiger partial charge in [0.1, 0.15) is 6.04 Å². The van der Waals surface area contributed by atoms with Crippen LogP contribution in [0.2, 0.25) is 10.2 Å². The predicted molar refractivity (Wildman–Crippen MR) is 158 cm³/mol. The van der Waals surface area contributed by atoms with Crippen molar-refractivity contribution in [3.05, 3.63) is 101 Å². The minimum atomic E-state index is -0.704. The molecule has 0 radical (unpaired) electrons. The SMILES string of the molecule is COc1nccc2cc(NC(=O)C(Cc3ccccc3)N3CON(c4cc(Cl)ccc4-n4cc(Cl)nn4)CO3)ccc12. The molecule has 1 saturated heterocycles. The average Bonchev–Trinajstić information content (AvgIpc) is 3.45. The van der Waals surface area contributed by atoms with Crippen molar-refractivity contribution in [2.75, 3.05) is 31.0 Å². The number of nitrogens with one attached hydrogen (secondary N) is 1. The molecule has 0 spiro atoms. The number of aromatic nitrogens is 4. The van der Waals surface area contributed by atoms with E-state index in [0.29, 0.717) is 34.4 Å². The third-order valence-electron chi connectivity index (χ3n) is 6.71. The van der Waals surface area contributed by atoms with Gasteiger partial charge < -0.3 is 10.1 Å². The van der Waals surface area contributed by atoms with E-state index in [-0.39, 0.29) is 24.5 Å². The quantitative estimate of drug-likeness (QED) is 0.253. The van der Waals surface area contributed by atoms with Gasteiger partial charge in [0.15, 0.2) is 18.6 Å². The topological polar surface area (TPSA) is 107 Å². The molecule has 1 fully saturated rings. The first-order chi connectivity index (χ1) is 20.5. The Morgan fingerprint density at radius 3 is 2.62 bits per heavy atom. The van der Waals surface area contributed by atoms with Crippen LogP contribution in [0.3, 0.4) is 0 Å². The number of nitrogens with zero attached hydrogens (tertiary/aromatic N) is 6. The van der Waals surface area contributed by atoms with Crippen LogP contribution in [-0.2, 0) is 20.9 Å². The van der Waals surface area contributed by atoms with Gasteiger partial charge >= 0.3 is 0 Å². The number of hydroxylamine groups is 3. The molecule has 1 unspecified atom stereocenters. The van der Waals surface area contributed by atoms with Crippen LogP contribution in [0.25, 0.3) is 16.5 Å². The fourth-order valence-electron chi connectivity index (χ4n) is 4.68. The van der Waals surface area contributed by atoms with Crippen LogP contribution in [0.1, 0.15) is 5.56 Å². The highest BCUT2D eigenvalue weighted by atomic mass is 35.5. The Hall–Kier alpha value is -4.26.